The van der Waals surface area contributed by atoms with E-state index in [1.807, 2.05) is 0 Å². The van der Waals surface area contributed by atoms with Crippen LogP contribution < -0.4 is 4.73 Å². The van der Waals surface area contributed by atoms with Crippen LogP contribution in [0.3, 0.4) is 0 Å². The molecule has 0 amide bonds. The normalized spacial score (nSPS) is 29.4. The van der Waals surface area contributed by atoms with Crippen LogP contribution in [-0.2, 0) is 6.42 Å². The Balaban J connectivity index is 1.79. The number of aromatic nitrogens is 1. The molecule has 1 heterocycles. The average Bonchev–Trinajstić information content (AvgIpc) is 2.68. The summed E-state index contributed by atoms with van der Waals surface area (Å²) in [4.78, 5) is 10.6. The Morgan fingerprint density at radius 2 is 1.95 bits per heavy atom. The van der Waals surface area contributed by atoms with Gasteiger partial charge in [-0.15, -0.1) is 0 Å². The average molecular weight is 262 g/mol. The van der Waals surface area contributed by atoms with Crippen LogP contribution in [0.4, 0.5) is 5.69 Å². The molecule has 1 aromatic heterocycles. The lowest BCUT2D eigenvalue weighted by Gasteiger charge is -2.27. The maximum absolute atomic E-state index is 11.3. The number of fused-ring (bicyclic) bond motifs is 2. The van der Waals surface area contributed by atoms with Gasteiger partial charge in [0.05, 0.1) is 16.6 Å². The Morgan fingerprint density at radius 3 is 2.58 bits per heavy atom. The Morgan fingerprint density at radius 1 is 1.26 bits per heavy atom. The third-order valence-corrected chi connectivity index (χ3v) is 4.68. The number of rotatable bonds is 3. The molecule has 1 aromatic rings. The topological polar surface area (TPSA) is 70.1 Å². The van der Waals surface area contributed by atoms with E-state index in [4.69, 9.17) is 0 Å². The predicted octanol–water partition coefficient (Wildman–Crippen LogP) is 2.60. The van der Waals surface area contributed by atoms with Crippen molar-refractivity contribution in [1.82, 2.24) is 0 Å². The predicted molar refractivity (Wildman–Crippen MR) is 69.3 cm³/mol. The number of nitro groups is 1. The second-order valence-electron chi connectivity index (χ2n) is 6.06. The molecule has 2 bridgehead atoms. The fourth-order valence-electron chi connectivity index (χ4n) is 3.97. The first-order valence-corrected chi connectivity index (χ1v) is 6.98. The van der Waals surface area contributed by atoms with E-state index in [-0.39, 0.29) is 10.6 Å². The second-order valence-corrected chi connectivity index (χ2v) is 6.06. The molecule has 2 fully saturated rings. The SMILES string of the molecule is O=[N+]([O-])c1cc[n+]([O-])cc1CC1CC2CCC(C2)C1. The number of pyridine rings is 1. The van der Waals surface area contributed by atoms with Crippen molar-refractivity contribution in [3.63, 3.8) is 0 Å². The van der Waals surface area contributed by atoms with Crippen molar-refractivity contribution in [2.45, 2.75) is 38.5 Å². The lowest BCUT2D eigenvalue weighted by Crippen LogP contribution is -2.27. The van der Waals surface area contributed by atoms with Crippen molar-refractivity contribution in [2.75, 3.05) is 0 Å². The minimum atomic E-state index is -0.382. The Bertz CT molecular complexity index is 491. The van der Waals surface area contributed by atoms with Crippen LogP contribution in [-0.4, -0.2) is 4.92 Å². The molecule has 19 heavy (non-hydrogen) atoms. The molecule has 0 aliphatic heterocycles. The first-order chi connectivity index (χ1) is 9.11. The van der Waals surface area contributed by atoms with Crippen LogP contribution in [0.5, 0.6) is 0 Å². The second kappa shape index (κ2) is 4.79. The van der Waals surface area contributed by atoms with E-state index in [1.165, 1.54) is 50.6 Å². The van der Waals surface area contributed by atoms with Crippen LogP contribution in [0.2, 0.25) is 0 Å². The Hall–Kier alpha value is -1.65. The zero-order chi connectivity index (χ0) is 13.4. The van der Waals surface area contributed by atoms with Gasteiger partial charge in [-0.1, -0.05) is 12.8 Å². The largest absolute Gasteiger partial charge is 0.619 e. The highest BCUT2D eigenvalue weighted by molar-refractivity contribution is 5.36. The molecule has 3 rings (SSSR count). The molecule has 2 aliphatic carbocycles. The highest BCUT2D eigenvalue weighted by Gasteiger charge is 2.35. The van der Waals surface area contributed by atoms with Crippen LogP contribution in [0.15, 0.2) is 18.5 Å². The fraction of sp³-hybridized carbons (Fsp3) is 0.643. The van der Waals surface area contributed by atoms with E-state index in [9.17, 15) is 15.3 Å². The molecule has 102 valence electrons. The molecule has 0 radical (unpaired) electrons. The zero-order valence-corrected chi connectivity index (χ0v) is 10.8. The Labute approximate surface area is 112 Å². The van der Waals surface area contributed by atoms with Crippen LogP contribution in [0.1, 0.15) is 37.7 Å². The summed E-state index contributed by atoms with van der Waals surface area (Å²) >= 11 is 0. The highest BCUT2D eigenvalue weighted by Crippen LogP contribution is 2.45. The van der Waals surface area contributed by atoms with E-state index >= 15 is 0 Å². The molecule has 2 unspecified atom stereocenters. The molecular formula is C14H18N2O3. The summed E-state index contributed by atoms with van der Waals surface area (Å²) < 4.78 is 0.666. The van der Waals surface area contributed by atoms with Crippen molar-refractivity contribution in [1.29, 1.82) is 0 Å². The molecule has 5 nitrogen and oxygen atoms in total. The maximum atomic E-state index is 11.3. The van der Waals surface area contributed by atoms with Gasteiger partial charge in [-0.3, -0.25) is 10.1 Å². The lowest BCUT2D eigenvalue weighted by molar-refractivity contribution is -0.606. The summed E-state index contributed by atoms with van der Waals surface area (Å²) in [6.45, 7) is 0. The molecule has 2 aliphatic rings. The minimum absolute atomic E-state index is 0.0880. The lowest BCUT2D eigenvalue weighted by atomic mass is 9.78. The van der Waals surface area contributed by atoms with Crippen molar-refractivity contribution < 1.29 is 9.65 Å². The Kier molecular flexibility index (Phi) is 3.12. The van der Waals surface area contributed by atoms with Gasteiger partial charge in [0.1, 0.15) is 0 Å². The monoisotopic (exact) mass is 262 g/mol. The van der Waals surface area contributed by atoms with Crippen molar-refractivity contribution in [3.8, 4) is 0 Å². The summed E-state index contributed by atoms with van der Waals surface area (Å²) in [5.74, 6) is 2.13. The molecule has 0 N–H and O–H groups in total. The van der Waals surface area contributed by atoms with Crippen molar-refractivity contribution in [3.05, 3.63) is 39.3 Å². The van der Waals surface area contributed by atoms with Crippen LogP contribution in [0.25, 0.3) is 0 Å². The standard InChI is InChI=1S/C14H18N2O3/c17-15-4-3-14(16(18)19)13(9-15)8-12-6-10-1-2-11(5-10)7-12/h3-4,9-12H,1-2,5-8H2. The van der Waals surface area contributed by atoms with Gasteiger partial charge in [0.15, 0.2) is 12.4 Å². The molecule has 0 aromatic carbocycles. The van der Waals surface area contributed by atoms with Gasteiger partial charge in [0, 0.05) is 0 Å². The highest BCUT2D eigenvalue weighted by atomic mass is 16.6. The van der Waals surface area contributed by atoms with E-state index in [1.54, 1.807) is 0 Å². The smallest absolute Gasteiger partial charge is 0.284 e. The third kappa shape index (κ3) is 2.55. The summed E-state index contributed by atoms with van der Waals surface area (Å²) in [6, 6.07) is 1.32. The number of nitrogens with zero attached hydrogens (tertiary/aromatic N) is 2. The van der Waals surface area contributed by atoms with Crippen LogP contribution >= 0.6 is 0 Å². The van der Waals surface area contributed by atoms with Gasteiger partial charge < -0.3 is 5.21 Å². The van der Waals surface area contributed by atoms with Gasteiger partial charge in [-0.25, -0.2) is 0 Å². The van der Waals surface area contributed by atoms with Gasteiger partial charge >= 0.3 is 0 Å². The molecule has 2 saturated carbocycles. The van der Waals surface area contributed by atoms with E-state index in [0.717, 1.165) is 11.8 Å². The van der Waals surface area contributed by atoms with Crippen molar-refractivity contribution >= 4 is 5.69 Å². The number of hydrogen-bond acceptors (Lipinski definition) is 3. The van der Waals surface area contributed by atoms with E-state index in [0.29, 0.717) is 22.6 Å². The molecular weight excluding hydrogens is 244 g/mol. The quantitative estimate of drug-likeness (QED) is 0.364. The summed E-state index contributed by atoms with van der Waals surface area (Å²) in [5.41, 5.74) is 0.679. The fourth-order valence-corrected chi connectivity index (χ4v) is 3.97. The molecule has 2 atom stereocenters. The van der Waals surface area contributed by atoms with Gasteiger partial charge in [-0.05, 0) is 43.4 Å². The molecule has 0 spiro atoms. The van der Waals surface area contributed by atoms with E-state index < -0.39 is 0 Å². The van der Waals surface area contributed by atoms with Crippen LogP contribution in [0, 0.1) is 33.1 Å². The minimum Gasteiger partial charge on any atom is -0.619 e. The first kappa shape index (κ1) is 12.4. The van der Waals surface area contributed by atoms with Gasteiger partial charge in [-0.2, -0.15) is 4.73 Å². The van der Waals surface area contributed by atoms with Gasteiger partial charge in [0.2, 0.25) is 0 Å². The zero-order valence-electron chi connectivity index (χ0n) is 10.8. The summed E-state index contributed by atoms with van der Waals surface area (Å²) in [6.07, 6.45) is 9.56. The van der Waals surface area contributed by atoms with E-state index in [2.05, 4.69) is 0 Å². The summed E-state index contributed by atoms with van der Waals surface area (Å²) in [5, 5.41) is 22.4. The summed E-state index contributed by atoms with van der Waals surface area (Å²) in [7, 11) is 0. The molecule has 5 heteroatoms. The van der Waals surface area contributed by atoms with Crippen molar-refractivity contribution in [2.24, 2.45) is 17.8 Å². The van der Waals surface area contributed by atoms with Gasteiger partial charge in [0.25, 0.3) is 5.69 Å². The first-order valence-electron chi connectivity index (χ1n) is 6.98. The third-order valence-electron chi connectivity index (χ3n) is 4.68. The number of hydrogen-bond donors (Lipinski definition) is 0. The maximum Gasteiger partial charge on any atom is 0.284 e. The molecule has 0 saturated heterocycles.